The van der Waals surface area contributed by atoms with Crippen LogP contribution >= 0.6 is 0 Å². The first-order chi connectivity index (χ1) is 17.1. The molecule has 6 heteroatoms. The van der Waals surface area contributed by atoms with E-state index in [-0.39, 0.29) is 11.9 Å². The Kier molecular flexibility index (Phi) is 6.45. The zero-order valence-corrected chi connectivity index (χ0v) is 20.1. The lowest BCUT2D eigenvalue weighted by molar-refractivity contribution is -0.110. The van der Waals surface area contributed by atoms with Crippen molar-refractivity contribution in [3.63, 3.8) is 0 Å². The number of furan rings is 1. The Morgan fingerprint density at radius 2 is 1.97 bits per heavy atom. The Bertz CT molecular complexity index is 1290. The van der Waals surface area contributed by atoms with Gasteiger partial charge in [0.25, 0.3) is 5.91 Å². The van der Waals surface area contributed by atoms with Crippen molar-refractivity contribution in [1.82, 2.24) is 0 Å². The number of para-hydroxylation sites is 1. The van der Waals surface area contributed by atoms with Gasteiger partial charge in [0.2, 0.25) is 0 Å². The second-order valence-electron chi connectivity index (χ2n) is 9.10. The number of anilines is 2. The van der Waals surface area contributed by atoms with Gasteiger partial charge in [-0.3, -0.25) is 4.79 Å². The van der Waals surface area contributed by atoms with E-state index >= 15 is 0 Å². The van der Waals surface area contributed by atoms with Crippen LogP contribution in [0.15, 0.2) is 52.9 Å². The number of hydrogen-bond acceptors (Lipinski definition) is 5. The molecule has 180 valence electrons. The number of methoxy groups -OCH3 is 1. The normalized spacial score (nSPS) is 16.4. The molecule has 1 atom stereocenters. The van der Waals surface area contributed by atoms with Gasteiger partial charge in [-0.25, -0.2) is 4.79 Å². The molecule has 0 bridgehead atoms. The van der Waals surface area contributed by atoms with E-state index in [4.69, 9.17) is 9.15 Å². The molecule has 2 aliphatic rings. The summed E-state index contributed by atoms with van der Waals surface area (Å²) in [5.41, 5.74) is 5.73. The lowest BCUT2D eigenvalue weighted by atomic mass is 9.89. The molecule has 0 radical (unpaired) electrons. The third kappa shape index (κ3) is 4.48. The largest absolute Gasteiger partial charge is 0.465 e. The summed E-state index contributed by atoms with van der Waals surface area (Å²) in [7, 11) is 1.35. The van der Waals surface area contributed by atoms with Crippen molar-refractivity contribution >= 4 is 34.9 Å². The molecule has 3 aromatic rings. The molecule has 1 amide bonds. The molecule has 1 unspecified atom stereocenters. The maximum absolute atomic E-state index is 13.0. The summed E-state index contributed by atoms with van der Waals surface area (Å²) in [6.45, 7) is 2.18. The first-order valence-electron chi connectivity index (χ1n) is 12.3. The molecular weight excluding hydrogens is 440 g/mol. The SMILES string of the molecule is CCCC(Nc1ccccc1)c1c(C=C2C(=O)Nc3ccc(C(=O)OC)cc32)oc2c1CCCC2. The molecule has 0 saturated carbocycles. The van der Waals surface area contributed by atoms with Crippen LogP contribution in [0, 0.1) is 0 Å². The maximum Gasteiger partial charge on any atom is 0.337 e. The van der Waals surface area contributed by atoms with Crippen LogP contribution in [0.3, 0.4) is 0 Å². The van der Waals surface area contributed by atoms with Crippen LogP contribution in [-0.4, -0.2) is 19.0 Å². The number of esters is 1. The highest BCUT2D eigenvalue weighted by atomic mass is 16.5. The van der Waals surface area contributed by atoms with Gasteiger partial charge < -0.3 is 19.8 Å². The van der Waals surface area contributed by atoms with Crippen molar-refractivity contribution in [3.05, 3.63) is 82.3 Å². The Labute approximate surface area is 205 Å². The lowest BCUT2D eigenvalue weighted by Gasteiger charge is -2.22. The topological polar surface area (TPSA) is 80.6 Å². The number of nitrogens with one attached hydrogen (secondary N) is 2. The van der Waals surface area contributed by atoms with Crippen LogP contribution in [0.25, 0.3) is 11.6 Å². The summed E-state index contributed by atoms with van der Waals surface area (Å²) in [5, 5.41) is 6.62. The molecule has 2 aromatic carbocycles. The van der Waals surface area contributed by atoms with Crippen molar-refractivity contribution in [1.29, 1.82) is 0 Å². The molecule has 1 aliphatic heterocycles. The first-order valence-corrected chi connectivity index (χ1v) is 12.3. The molecule has 0 spiro atoms. The van der Waals surface area contributed by atoms with Gasteiger partial charge in [0.1, 0.15) is 11.5 Å². The smallest absolute Gasteiger partial charge is 0.337 e. The van der Waals surface area contributed by atoms with E-state index in [0.717, 1.165) is 61.3 Å². The number of carbonyl (C=O) groups is 2. The van der Waals surface area contributed by atoms with Crippen LogP contribution < -0.4 is 10.6 Å². The van der Waals surface area contributed by atoms with E-state index < -0.39 is 5.97 Å². The first kappa shape index (κ1) is 23.0. The van der Waals surface area contributed by atoms with Gasteiger partial charge in [-0.2, -0.15) is 0 Å². The highest BCUT2D eigenvalue weighted by Crippen LogP contribution is 2.41. The van der Waals surface area contributed by atoms with Crippen molar-refractivity contribution in [2.45, 2.75) is 51.5 Å². The lowest BCUT2D eigenvalue weighted by Crippen LogP contribution is -2.14. The van der Waals surface area contributed by atoms with E-state index in [9.17, 15) is 9.59 Å². The minimum absolute atomic E-state index is 0.0604. The second-order valence-corrected chi connectivity index (χ2v) is 9.10. The van der Waals surface area contributed by atoms with Gasteiger partial charge in [-0.1, -0.05) is 31.5 Å². The highest BCUT2D eigenvalue weighted by Gasteiger charge is 2.30. The van der Waals surface area contributed by atoms with Crippen LogP contribution in [0.5, 0.6) is 0 Å². The average Bonchev–Trinajstić information content (AvgIpc) is 3.40. The number of rotatable bonds is 7. The number of carbonyl (C=O) groups excluding carboxylic acids is 2. The van der Waals surface area contributed by atoms with E-state index in [0.29, 0.717) is 22.4 Å². The predicted molar refractivity (Wildman–Crippen MR) is 137 cm³/mol. The summed E-state index contributed by atoms with van der Waals surface area (Å²) in [6.07, 6.45) is 7.91. The van der Waals surface area contributed by atoms with Crippen LogP contribution in [0.4, 0.5) is 11.4 Å². The van der Waals surface area contributed by atoms with Gasteiger partial charge in [0.15, 0.2) is 0 Å². The Morgan fingerprint density at radius 3 is 2.74 bits per heavy atom. The number of aryl methyl sites for hydroxylation is 1. The minimum Gasteiger partial charge on any atom is -0.465 e. The van der Waals surface area contributed by atoms with Crippen molar-refractivity contribution in [2.24, 2.45) is 0 Å². The number of hydrogen-bond donors (Lipinski definition) is 2. The molecule has 2 heterocycles. The monoisotopic (exact) mass is 470 g/mol. The van der Waals surface area contributed by atoms with Gasteiger partial charge in [0.05, 0.1) is 24.3 Å². The predicted octanol–water partition coefficient (Wildman–Crippen LogP) is 6.39. The summed E-state index contributed by atoms with van der Waals surface area (Å²) >= 11 is 0. The van der Waals surface area contributed by atoms with Gasteiger partial charge >= 0.3 is 5.97 Å². The molecule has 5 rings (SSSR count). The van der Waals surface area contributed by atoms with E-state index in [1.54, 1.807) is 18.2 Å². The molecule has 0 saturated heterocycles. The molecule has 0 fully saturated rings. The zero-order chi connectivity index (χ0) is 24.4. The zero-order valence-electron chi connectivity index (χ0n) is 20.1. The van der Waals surface area contributed by atoms with Gasteiger partial charge in [-0.15, -0.1) is 0 Å². The second kappa shape index (κ2) is 9.82. The van der Waals surface area contributed by atoms with Crippen LogP contribution in [0.1, 0.15) is 77.2 Å². The Balaban J connectivity index is 1.61. The fraction of sp³-hybridized carbons (Fsp3) is 0.310. The number of ether oxygens (including phenoxy) is 1. The summed E-state index contributed by atoms with van der Waals surface area (Å²) in [5.74, 6) is 1.11. The van der Waals surface area contributed by atoms with Gasteiger partial charge in [-0.05, 0) is 67.7 Å². The van der Waals surface area contributed by atoms with Crippen molar-refractivity contribution in [3.8, 4) is 0 Å². The van der Waals surface area contributed by atoms with Crippen LogP contribution in [0.2, 0.25) is 0 Å². The number of benzene rings is 2. The molecular formula is C29H30N2O4. The fourth-order valence-electron chi connectivity index (χ4n) is 5.12. The molecule has 2 N–H and O–H groups in total. The molecule has 6 nitrogen and oxygen atoms in total. The number of amides is 1. The summed E-state index contributed by atoms with van der Waals surface area (Å²) in [6, 6.07) is 15.4. The Hall–Kier alpha value is -3.80. The molecule has 35 heavy (non-hydrogen) atoms. The maximum atomic E-state index is 13.0. The van der Waals surface area contributed by atoms with E-state index in [1.165, 1.54) is 12.7 Å². The van der Waals surface area contributed by atoms with Crippen LogP contribution in [-0.2, 0) is 22.4 Å². The van der Waals surface area contributed by atoms with Crippen molar-refractivity contribution < 1.29 is 18.7 Å². The number of fused-ring (bicyclic) bond motifs is 2. The van der Waals surface area contributed by atoms with E-state index in [1.807, 2.05) is 24.3 Å². The molecule has 1 aromatic heterocycles. The fourth-order valence-corrected chi connectivity index (χ4v) is 5.12. The van der Waals surface area contributed by atoms with Gasteiger partial charge in [0, 0.05) is 28.9 Å². The third-order valence-corrected chi connectivity index (χ3v) is 6.78. The quantitative estimate of drug-likeness (QED) is 0.309. The van der Waals surface area contributed by atoms with E-state index in [2.05, 4.69) is 29.7 Å². The van der Waals surface area contributed by atoms with Crippen molar-refractivity contribution in [2.75, 3.05) is 17.7 Å². The Morgan fingerprint density at radius 1 is 1.17 bits per heavy atom. The summed E-state index contributed by atoms with van der Waals surface area (Å²) in [4.78, 5) is 25.1. The third-order valence-electron chi connectivity index (χ3n) is 6.78. The average molecular weight is 471 g/mol. The summed E-state index contributed by atoms with van der Waals surface area (Å²) < 4.78 is 11.3. The highest BCUT2D eigenvalue weighted by molar-refractivity contribution is 6.35. The standard InChI is InChI=1S/C29H30N2O4/c1-3-9-24(30-19-10-5-4-6-11-19)27-20-12-7-8-13-25(20)35-26(27)17-22-21-16-18(29(33)34-2)14-15-23(21)31-28(22)32/h4-6,10-11,14-17,24,30H,3,7-9,12-13H2,1-2H3,(H,31,32). The minimum atomic E-state index is -0.435. The molecule has 1 aliphatic carbocycles.